The molecule has 3 heteroatoms. The van der Waals surface area contributed by atoms with Crippen LogP contribution >= 0.6 is 0 Å². The normalized spacial score (nSPS) is 14.2. The third-order valence-electron chi connectivity index (χ3n) is 3.41. The second kappa shape index (κ2) is 5.49. The van der Waals surface area contributed by atoms with E-state index in [9.17, 15) is 13.9 Å². The molecule has 2 rings (SSSR count). The zero-order valence-electron chi connectivity index (χ0n) is 10.9. The largest absolute Gasteiger partial charge is 0.388 e. The van der Waals surface area contributed by atoms with E-state index in [0.717, 1.165) is 5.56 Å². The van der Waals surface area contributed by atoms with Gasteiger partial charge in [-0.25, -0.2) is 8.78 Å². The van der Waals surface area contributed by atoms with Crippen LogP contribution < -0.4 is 0 Å². The molecule has 0 saturated heterocycles. The highest BCUT2D eigenvalue weighted by Crippen LogP contribution is 2.34. The van der Waals surface area contributed by atoms with Crippen LogP contribution in [0, 0.1) is 18.6 Å². The van der Waals surface area contributed by atoms with E-state index >= 15 is 0 Å². The van der Waals surface area contributed by atoms with E-state index in [4.69, 9.17) is 0 Å². The predicted molar refractivity (Wildman–Crippen MR) is 70.9 cm³/mol. The molecule has 0 aliphatic rings. The number of aliphatic hydroxyl groups excluding tert-OH is 1. The Morgan fingerprint density at radius 3 is 2.26 bits per heavy atom. The van der Waals surface area contributed by atoms with E-state index in [0.29, 0.717) is 5.56 Å². The second-order valence-electron chi connectivity index (χ2n) is 4.74. The van der Waals surface area contributed by atoms with Crippen LogP contribution in [0.1, 0.15) is 35.6 Å². The zero-order valence-corrected chi connectivity index (χ0v) is 10.9. The summed E-state index contributed by atoms with van der Waals surface area (Å²) in [5.74, 6) is -1.76. The molecule has 0 spiro atoms. The van der Waals surface area contributed by atoms with Crippen LogP contribution in [-0.2, 0) is 0 Å². The van der Waals surface area contributed by atoms with Gasteiger partial charge in [-0.2, -0.15) is 0 Å². The number of benzene rings is 2. The Labute approximate surface area is 111 Å². The van der Waals surface area contributed by atoms with Crippen LogP contribution in [0.4, 0.5) is 8.78 Å². The Morgan fingerprint density at radius 1 is 1.00 bits per heavy atom. The molecule has 2 unspecified atom stereocenters. The van der Waals surface area contributed by atoms with Crippen molar-refractivity contribution in [3.63, 3.8) is 0 Å². The van der Waals surface area contributed by atoms with Gasteiger partial charge in [-0.15, -0.1) is 0 Å². The first-order valence-electron chi connectivity index (χ1n) is 6.20. The van der Waals surface area contributed by atoms with Crippen molar-refractivity contribution in [2.75, 3.05) is 0 Å². The fraction of sp³-hybridized carbons (Fsp3) is 0.250. The van der Waals surface area contributed by atoms with Gasteiger partial charge in [-0.1, -0.05) is 43.3 Å². The maximum atomic E-state index is 14.0. The van der Waals surface area contributed by atoms with Gasteiger partial charge >= 0.3 is 0 Å². The van der Waals surface area contributed by atoms with Gasteiger partial charge in [0.1, 0.15) is 11.6 Å². The van der Waals surface area contributed by atoms with Crippen LogP contribution in [-0.4, -0.2) is 5.11 Å². The molecule has 100 valence electrons. The van der Waals surface area contributed by atoms with E-state index < -0.39 is 17.7 Å². The lowest BCUT2D eigenvalue weighted by Crippen LogP contribution is -2.12. The van der Waals surface area contributed by atoms with E-state index in [2.05, 4.69) is 0 Å². The molecule has 0 aromatic heterocycles. The molecular weight excluding hydrogens is 246 g/mol. The first-order chi connectivity index (χ1) is 9.02. The Kier molecular flexibility index (Phi) is 3.96. The Morgan fingerprint density at radius 2 is 1.63 bits per heavy atom. The molecule has 0 radical (unpaired) electrons. The highest BCUT2D eigenvalue weighted by atomic mass is 19.1. The number of halogens is 2. The maximum Gasteiger partial charge on any atom is 0.134 e. The topological polar surface area (TPSA) is 20.2 Å². The van der Waals surface area contributed by atoms with Gasteiger partial charge < -0.3 is 5.11 Å². The highest BCUT2D eigenvalue weighted by molar-refractivity contribution is 5.31. The van der Waals surface area contributed by atoms with Crippen LogP contribution in [0.5, 0.6) is 0 Å². The minimum absolute atomic E-state index is 0.253. The fourth-order valence-electron chi connectivity index (χ4n) is 2.14. The van der Waals surface area contributed by atoms with Crippen LogP contribution in [0.2, 0.25) is 0 Å². The average Bonchev–Trinajstić information content (AvgIpc) is 2.43. The summed E-state index contributed by atoms with van der Waals surface area (Å²) in [7, 11) is 0. The predicted octanol–water partition coefficient (Wildman–Crippen LogP) is 4.11. The molecule has 1 nitrogen and oxygen atoms in total. The summed E-state index contributed by atoms with van der Waals surface area (Å²) in [5, 5.41) is 10.2. The lowest BCUT2D eigenvalue weighted by molar-refractivity contribution is 0.142. The monoisotopic (exact) mass is 262 g/mol. The lowest BCUT2D eigenvalue weighted by Gasteiger charge is -2.21. The quantitative estimate of drug-likeness (QED) is 0.882. The molecule has 0 aliphatic carbocycles. The summed E-state index contributed by atoms with van der Waals surface area (Å²) >= 11 is 0. The number of aliphatic hydroxyl groups is 1. The van der Waals surface area contributed by atoms with Gasteiger partial charge in [0, 0.05) is 5.92 Å². The summed E-state index contributed by atoms with van der Waals surface area (Å²) in [6.07, 6.45) is -1.21. The SMILES string of the molecule is Cc1ccc(F)c(C(O)C(C)c2ccccc2)c1F. The Bertz CT molecular complexity index is 566. The summed E-state index contributed by atoms with van der Waals surface area (Å²) in [5.41, 5.74) is 0.919. The molecule has 0 fully saturated rings. The lowest BCUT2D eigenvalue weighted by atomic mass is 9.89. The number of aryl methyl sites for hydroxylation is 1. The van der Waals surface area contributed by atoms with Crippen LogP contribution in [0.25, 0.3) is 0 Å². The number of hydrogen-bond acceptors (Lipinski definition) is 1. The molecular formula is C16H16F2O. The third kappa shape index (κ3) is 2.66. The number of rotatable bonds is 3. The van der Waals surface area contributed by atoms with Crippen molar-refractivity contribution in [3.8, 4) is 0 Å². The van der Waals surface area contributed by atoms with Gasteiger partial charge in [0.05, 0.1) is 11.7 Å². The zero-order chi connectivity index (χ0) is 14.0. The van der Waals surface area contributed by atoms with Gasteiger partial charge in [0.15, 0.2) is 0 Å². The smallest absolute Gasteiger partial charge is 0.134 e. The molecule has 1 N–H and O–H groups in total. The van der Waals surface area contributed by atoms with Gasteiger partial charge in [0.2, 0.25) is 0 Å². The Hall–Kier alpha value is -1.74. The number of hydrogen-bond donors (Lipinski definition) is 1. The summed E-state index contributed by atoms with van der Waals surface area (Å²) in [4.78, 5) is 0. The van der Waals surface area contributed by atoms with Crippen molar-refractivity contribution >= 4 is 0 Å². The van der Waals surface area contributed by atoms with Crippen molar-refractivity contribution in [2.24, 2.45) is 0 Å². The first kappa shape index (κ1) is 13.7. The average molecular weight is 262 g/mol. The van der Waals surface area contributed by atoms with E-state index in [1.165, 1.54) is 12.1 Å². The van der Waals surface area contributed by atoms with Gasteiger partial charge in [-0.05, 0) is 24.1 Å². The first-order valence-corrected chi connectivity index (χ1v) is 6.20. The van der Waals surface area contributed by atoms with Gasteiger partial charge in [0.25, 0.3) is 0 Å². The highest BCUT2D eigenvalue weighted by Gasteiger charge is 2.25. The molecule has 0 amide bonds. The molecule has 0 aliphatic heterocycles. The molecule has 0 saturated carbocycles. The summed E-state index contributed by atoms with van der Waals surface area (Å²) < 4.78 is 27.7. The molecule has 2 aromatic carbocycles. The summed E-state index contributed by atoms with van der Waals surface area (Å²) in [6, 6.07) is 11.8. The molecule has 19 heavy (non-hydrogen) atoms. The summed E-state index contributed by atoms with van der Waals surface area (Å²) in [6.45, 7) is 3.30. The Balaban J connectivity index is 2.40. The van der Waals surface area contributed by atoms with E-state index in [-0.39, 0.29) is 11.5 Å². The molecule has 0 bridgehead atoms. The van der Waals surface area contributed by atoms with Crippen molar-refractivity contribution in [1.82, 2.24) is 0 Å². The maximum absolute atomic E-state index is 14.0. The molecule has 0 heterocycles. The standard InChI is InChI=1S/C16H16F2O/c1-10-8-9-13(17)14(15(10)18)16(19)11(2)12-6-4-3-5-7-12/h3-9,11,16,19H,1-2H3. The van der Waals surface area contributed by atoms with Crippen molar-refractivity contribution in [2.45, 2.75) is 25.9 Å². The van der Waals surface area contributed by atoms with Crippen LogP contribution in [0.15, 0.2) is 42.5 Å². The molecule has 2 atom stereocenters. The molecule has 2 aromatic rings. The second-order valence-corrected chi connectivity index (χ2v) is 4.74. The van der Waals surface area contributed by atoms with Crippen molar-refractivity contribution in [3.05, 3.63) is 70.8 Å². The third-order valence-corrected chi connectivity index (χ3v) is 3.41. The van der Waals surface area contributed by atoms with Crippen LogP contribution in [0.3, 0.4) is 0 Å². The van der Waals surface area contributed by atoms with Gasteiger partial charge in [-0.3, -0.25) is 0 Å². The minimum atomic E-state index is -1.21. The fourth-order valence-corrected chi connectivity index (χ4v) is 2.14. The van der Waals surface area contributed by atoms with E-state index in [1.807, 2.05) is 30.3 Å². The van der Waals surface area contributed by atoms with Crippen molar-refractivity contribution < 1.29 is 13.9 Å². The minimum Gasteiger partial charge on any atom is -0.388 e. The van der Waals surface area contributed by atoms with E-state index in [1.54, 1.807) is 13.8 Å². The van der Waals surface area contributed by atoms with Crippen molar-refractivity contribution in [1.29, 1.82) is 0 Å².